The van der Waals surface area contributed by atoms with Gasteiger partial charge in [-0.05, 0) is 60.5 Å². The third kappa shape index (κ3) is 12.5. The van der Waals surface area contributed by atoms with Crippen molar-refractivity contribution < 1.29 is 33.4 Å². The molecule has 0 heterocycles. The minimum atomic E-state index is -1.10. The highest BCUT2D eigenvalue weighted by molar-refractivity contribution is 5.86. The molecule has 0 saturated heterocycles. The molecule has 0 radical (unpaired) electrons. The topological polar surface area (TPSA) is 120 Å². The zero-order valence-corrected chi connectivity index (χ0v) is 20.5. The fraction of sp³-hybridized carbons (Fsp3) is 0.583. The largest absolute Gasteiger partial charge is 0.458 e. The van der Waals surface area contributed by atoms with Gasteiger partial charge in [-0.3, -0.25) is 4.79 Å². The van der Waals surface area contributed by atoms with Gasteiger partial charge in [0, 0.05) is 6.42 Å². The Kier molecular flexibility index (Phi) is 10.3. The lowest BCUT2D eigenvalue weighted by Crippen LogP contribution is -2.46. The van der Waals surface area contributed by atoms with Crippen LogP contribution in [0.25, 0.3) is 0 Å². The lowest BCUT2D eigenvalue weighted by atomic mass is 10.1. The molecule has 2 amide bonds. The second kappa shape index (κ2) is 12.2. The number of ether oxygens (including phenoxy) is 3. The average Bonchev–Trinajstić information content (AvgIpc) is 2.67. The Balaban J connectivity index is 2.68. The molecule has 0 spiro atoms. The van der Waals surface area contributed by atoms with Gasteiger partial charge < -0.3 is 24.8 Å². The summed E-state index contributed by atoms with van der Waals surface area (Å²) in [6.45, 7) is 11.8. The van der Waals surface area contributed by atoms with Crippen molar-refractivity contribution in [1.29, 1.82) is 0 Å². The number of amides is 2. The number of alkyl carbamates (subject to hydrolysis) is 1. The smallest absolute Gasteiger partial charge is 0.408 e. The van der Waals surface area contributed by atoms with Crippen LogP contribution in [0.1, 0.15) is 66.9 Å². The maximum absolute atomic E-state index is 12.6. The van der Waals surface area contributed by atoms with Gasteiger partial charge in [-0.1, -0.05) is 30.3 Å². The summed E-state index contributed by atoms with van der Waals surface area (Å²) >= 11 is 0. The highest BCUT2D eigenvalue weighted by atomic mass is 16.6. The summed E-state index contributed by atoms with van der Waals surface area (Å²) in [5, 5.41) is 5.00. The number of rotatable bonds is 9. The molecule has 2 atom stereocenters. The first-order valence-electron chi connectivity index (χ1n) is 10.9. The Hall–Kier alpha value is -3.10. The van der Waals surface area contributed by atoms with Gasteiger partial charge in [0.1, 0.15) is 29.9 Å². The predicted molar refractivity (Wildman–Crippen MR) is 122 cm³/mol. The van der Waals surface area contributed by atoms with Gasteiger partial charge in [0.2, 0.25) is 5.91 Å². The molecule has 2 N–H and O–H groups in total. The molecule has 0 aliphatic carbocycles. The fourth-order valence-electron chi connectivity index (χ4n) is 2.57. The fourth-order valence-corrected chi connectivity index (χ4v) is 2.57. The lowest BCUT2D eigenvalue weighted by molar-refractivity contribution is -0.159. The minimum Gasteiger partial charge on any atom is -0.458 e. The van der Waals surface area contributed by atoms with Crippen molar-refractivity contribution in [2.24, 2.45) is 0 Å². The molecule has 0 fully saturated rings. The van der Waals surface area contributed by atoms with Gasteiger partial charge in [0.15, 0.2) is 0 Å². The van der Waals surface area contributed by atoms with Crippen LogP contribution in [0.15, 0.2) is 30.3 Å². The number of nitrogens with one attached hydrogen (secondary N) is 2. The van der Waals surface area contributed by atoms with Gasteiger partial charge in [-0.2, -0.15) is 0 Å². The summed E-state index contributed by atoms with van der Waals surface area (Å²) in [5.41, 5.74) is -0.669. The molecule has 1 aromatic rings. The number of carbonyl (C=O) groups is 4. The molecule has 0 bridgehead atoms. The second-order valence-corrected chi connectivity index (χ2v) is 9.65. The van der Waals surface area contributed by atoms with E-state index in [0.29, 0.717) is 0 Å². The molecule has 0 aromatic heterocycles. The van der Waals surface area contributed by atoms with Crippen LogP contribution in [0, 0.1) is 0 Å². The van der Waals surface area contributed by atoms with Crippen molar-refractivity contribution in [3.05, 3.63) is 35.9 Å². The van der Waals surface area contributed by atoms with Crippen LogP contribution in [-0.2, 0) is 35.2 Å². The van der Waals surface area contributed by atoms with E-state index in [1.807, 2.05) is 18.2 Å². The highest BCUT2D eigenvalue weighted by Crippen LogP contribution is 2.12. The summed E-state index contributed by atoms with van der Waals surface area (Å²) in [6.07, 6.45) is -0.977. The molecular formula is C24H36N2O7. The molecule has 1 rings (SSSR count). The molecule has 0 saturated carbocycles. The zero-order chi connectivity index (χ0) is 25.2. The van der Waals surface area contributed by atoms with E-state index in [1.165, 1.54) is 6.92 Å². The van der Waals surface area contributed by atoms with E-state index >= 15 is 0 Å². The number of hydrogen-bond acceptors (Lipinski definition) is 7. The van der Waals surface area contributed by atoms with Crippen molar-refractivity contribution in [1.82, 2.24) is 10.6 Å². The van der Waals surface area contributed by atoms with Gasteiger partial charge >= 0.3 is 18.0 Å². The van der Waals surface area contributed by atoms with Crippen LogP contribution in [0.4, 0.5) is 4.79 Å². The molecule has 33 heavy (non-hydrogen) atoms. The van der Waals surface area contributed by atoms with Crippen LogP contribution < -0.4 is 10.6 Å². The van der Waals surface area contributed by atoms with E-state index < -0.39 is 47.2 Å². The third-order valence-corrected chi connectivity index (χ3v) is 3.99. The molecule has 184 valence electrons. The van der Waals surface area contributed by atoms with Gasteiger partial charge in [-0.25, -0.2) is 14.4 Å². The summed E-state index contributed by atoms with van der Waals surface area (Å²) in [5.74, 6) is -1.73. The Morgan fingerprint density at radius 1 is 0.848 bits per heavy atom. The van der Waals surface area contributed by atoms with Crippen molar-refractivity contribution in [2.45, 2.75) is 91.2 Å². The van der Waals surface area contributed by atoms with Gasteiger partial charge in [0.05, 0.1) is 0 Å². The monoisotopic (exact) mass is 464 g/mol. The van der Waals surface area contributed by atoms with E-state index in [2.05, 4.69) is 10.6 Å². The average molecular weight is 465 g/mol. The summed E-state index contributed by atoms with van der Waals surface area (Å²) in [7, 11) is 0. The number of benzene rings is 1. The van der Waals surface area contributed by atoms with Crippen molar-refractivity contribution in [3.63, 3.8) is 0 Å². The maximum atomic E-state index is 12.6. The lowest BCUT2D eigenvalue weighted by Gasteiger charge is -2.25. The Bertz CT molecular complexity index is 810. The van der Waals surface area contributed by atoms with Gasteiger partial charge in [-0.15, -0.1) is 0 Å². The highest BCUT2D eigenvalue weighted by Gasteiger charge is 2.29. The summed E-state index contributed by atoms with van der Waals surface area (Å²) in [4.78, 5) is 49.2. The first-order chi connectivity index (χ1) is 15.2. The molecular weight excluding hydrogens is 428 g/mol. The number of carbonyl (C=O) groups excluding carboxylic acids is 4. The van der Waals surface area contributed by atoms with Crippen molar-refractivity contribution >= 4 is 23.9 Å². The molecule has 0 aliphatic rings. The van der Waals surface area contributed by atoms with Crippen LogP contribution in [-0.4, -0.2) is 47.2 Å². The van der Waals surface area contributed by atoms with E-state index in [4.69, 9.17) is 14.2 Å². The van der Waals surface area contributed by atoms with Crippen LogP contribution in [0.2, 0.25) is 0 Å². The van der Waals surface area contributed by atoms with E-state index in [1.54, 1.807) is 53.7 Å². The third-order valence-electron chi connectivity index (χ3n) is 3.99. The number of hydrogen-bond donors (Lipinski definition) is 2. The minimum absolute atomic E-state index is 0.0294. The van der Waals surface area contributed by atoms with Crippen molar-refractivity contribution in [3.8, 4) is 0 Å². The number of esters is 2. The maximum Gasteiger partial charge on any atom is 0.408 e. The van der Waals surface area contributed by atoms with E-state index in [0.717, 1.165) is 5.56 Å². The van der Waals surface area contributed by atoms with Crippen LogP contribution >= 0.6 is 0 Å². The molecule has 0 aliphatic heterocycles. The molecule has 1 aromatic carbocycles. The normalized spacial score (nSPS) is 13.3. The van der Waals surface area contributed by atoms with Gasteiger partial charge in [0.25, 0.3) is 0 Å². The zero-order valence-electron chi connectivity index (χ0n) is 20.5. The summed E-state index contributed by atoms with van der Waals surface area (Å²) in [6, 6.07) is 7.12. The standard InChI is InChI=1S/C24H36N2O7/c1-16(20(28)32-23(2,3)4)25-19(27)14-13-18(21(29)33-24(5,6)7)26-22(30)31-15-17-11-9-8-10-12-17/h8-12,16,18H,13-15H2,1-7H3,(H,25,27)(H,26,30)/t16-,18-/m0/s1. The SMILES string of the molecule is C[C@H](NC(=O)CC[C@H](NC(=O)OCc1ccccc1)C(=O)OC(C)(C)C)C(=O)OC(C)(C)C. The molecule has 9 nitrogen and oxygen atoms in total. The van der Waals surface area contributed by atoms with E-state index in [9.17, 15) is 19.2 Å². The Morgan fingerprint density at radius 3 is 1.94 bits per heavy atom. The van der Waals surface area contributed by atoms with Crippen LogP contribution in [0.5, 0.6) is 0 Å². The first-order valence-corrected chi connectivity index (χ1v) is 10.9. The Labute approximate surface area is 195 Å². The predicted octanol–water partition coefficient (Wildman–Crippen LogP) is 3.25. The first kappa shape index (κ1) is 27.9. The molecule has 0 unspecified atom stereocenters. The Morgan fingerprint density at radius 2 is 1.39 bits per heavy atom. The second-order valence-electron chi connectivity index (χ2n) is 9.65. The molecule has 9 heteroatoms. The van der Waals surface area contributed by atoms with E-state index in [-0.39, 0.29) is 19.4 Å². The summed E-state index contributed by atoms with van der Waals surface area (Å²) < 4.78 is 15.8. The van der Waals surface area contributed by atoms with Crippen LogP contribution in [0.3, 0.4) is 0 Å². The quantitative estimate of drug-likeness (QED) is 0.425. The van der Waals surface area contributed by atoms with Crippen molar-refractivity contribution in [2.75, 3.05) is 0 Å².